The Morgan fingerprint density at radius 3 is 2.70 bits per heavy atom. The Balaban J connectivity index is 2.17. The van der Waals surface area contributed by atoms with E-state index in [1.807, 2.05) is 42.3 Å². The maximum absolute atomic E-state index is 13.4. The molecule has 0 amide bonds. The van der Waals surface area contributed by atoms with E-state index in [9.17, 15) is 4.39 Å². The number of benzene rings is 2. The van der Waals surface area contributed by atoms with Crippen LogP contribution in [0, 0.1) is 5.82 Å². The molecule has 2 N–H and O–H groups in total. The van der Waals surface area contributed by atoms with Gasteiger partial charge in [0.1, 0.15) is 5.82 Å². The Bertz CT molecular complexity index is 771. The van der Waals surface area contributed by atoms with Crippen LogP contribution in [0.5, 0.6) is 0 Å². The fraction of sp³-hybridized carbons (Fsp3) is 0.0625. The summed E-state index contributed by atoms with van der Waals surface area (Å²) in [5.41, 5.74) is 9.06. The van der Waals surface area contributed by atoms with E-state index in [0.717, 1.165) is 22.3 Å². The van der Waals surface area contributed by atoms with E-state index < -0.39 is 0 Å². The lowest BCUT2D eigenvalue weighted by Crippen LogP contribution is -2.10. The molecule has 0 radical (unpaired) electrons. The largest absolute Gasteiger partial charge is 0.397 e. The number of halogens is 1. The van der Waals surface area contributed by atoms with Gasteiger partial charge in [0.05, 0.1) is 16.9 Å². The molecular formula is C16H14FN3. The van der Waals surface area contributed by atoms with Gasteiger partial charge in [0, 0.05) is 24.3 Å². The van der Waals surface area contributed by atoms with Crippen LogP contribution >= 0.6 is 0 Å². The van der Waals surface area contributed by atoms with E-state index in [2.05, 4.69) is 4.98 Å². The zero-order valence-corrected chi connectivity index (χ0v) is 11.0. The SMILES string of the molecule is CN(c1cccc(F)c1)c1ccnc2c(N)cccc12. The number of nitrogens with two attached hydrogens (primary N) is 1. The van der Waals surface area contributed by atoms with E-state index in [0.29, 0.717) is 5.69 Å². The third kappa shape index (κ3) is 2.05. The monoisotopic (exact) mass is 267 g/mol. The molecule has 1 heterocycles. The lowest BCUT2D eigenvalue weighted by atomic mass is 10.1. The molecule has 0 unspecified atom stereocenters. The maximum atomic E-state index is 13.4. The molecule has 0 atom stereocenters. The van der Waals surface area contributed by atoms with E-state index in [-0.39, 0.29) is 5.82 Å². The lowest BCUT2D eigenvalue weighted by molar-refractivity contribution is 0.628. The van der Waals surface area contributed by atoms with E-state index in [4.69, 9.17) is 5.73 Å². The smallest absolute Gasteiger partial charge is 0.125 e. The molecule has 0 saturated heterocycles. The number of pyridine rings is 1. The number of aromatic nitrogens is 1. The third-order valence-electron chi connectivity index (χ3n) is 3.34. The van der Waals surface area contributed by atoms with Crippen LogP contribution in [0.2, 0.25) is 0 Å². The van der Waals surface area contributed by atoms with Gasteiger partial charge in [0.2, 0.25) is 0 Å². The number of anilines is 3. The first-order valence-electron chi connectivity index (χ1n) is 6.29. The quantitative estimate of drug-likeness (QED) is 0.719. The minimum atomic E-state index is -0.257. The Morgan fingerprint density at radius 1 is 1.10 bits per heavy atom. The van der Waals surface area contributed by atoms with Crippen LogP contribution in [0.4, 0.5) is 21.5 Å². The van der Waals surface area contributed by atoms with E-state index >= 15 is 0 Å². The predicted octanol–water partition coefficient (Wildman–Crippen LogP) is 3.72. The van der Waals surface area contributed by atoms with Crippen molar-refractivity contribution in [1.82, 2.24) is 4.98 Å². The van der Waals surface area contributed by atoms with Crippen molar-refractivity contribution >= 4 is 28.0 Å². The maximum Gasteiger partial charge on any atom is 0.125 e. The second-order valence-corrected chi connectivity index (χ2v) is 4.61. The number of nitrogens with zero attached hydrogens (tertiary/aromatic N) is 2. The zero-order chi connectivity index (χ0) is 14.1. The Morgan fingerprint density at radius 2 is 1.90 bits per heavy atom. The summed E-state index contributed by atoms with van der Waals surface area (Å²) in [6.45, 7) is 0. The molecule has 0 spiro atoms. The molecule has 3 aromatic rings. The molecule has 0 saturated carbocycles. The number of hydrogen-bond acceptors (Lipinski definition) is 3. The van der Waals surface area contributed by atoms with Gasteiger partial charge in [0.25, 0.3) is 0 Å². The Kier molecular flexibility index (Phi) is 2.99. The second kappa shape index (κ2) is 4.81. The molecule has 3 rings (SSSR count). The summed E-state index contributed by atoms with van der Waals surface area (Å²) in [7, 11) is 1.90. The fourth-order valence-corrected chi connectivity index (χ4v) is 2.30. The standard InChI is InChI=1S/C16H14FN3/c1-20(12-5-2-4-11(17)10-12)15-8-9-19-16-13(15)6-3-7-14(16)18/h2-10H,18H2,1H3. The number of rotatable bonds is 2. The number of nitrogen functional groups attached to an aromatic ring is 1. The van der Waals surface area contributed by atoms with Crippen LogP contribution < -0.4 is 10.6 Å². The number of hydrogen-bond donors (Lipinski definition) is 1. The molecule has 0 aliphatic rings. The first kappa shape index (κ1) is 12.4. The number of para-hydroxylation sites is 1. The van der Waals surface area contributed by atoms with Crippen LogP contribution in [-0.4, -0.2) is 12.0 Å². The molecule has 0 fully saturated rings. The fourth-order valence-electron chi connectivity index (χ4n) is 2.30. The zero-order valence-electron chi connectivity index (χ0n) is 11.0. The van der Waals surface area contributed by atoms with Crippen LogP contribution in [0.3, 0.4) is 0 Å². The minimum Gasteiger partial charge on any atom is -0.397 e. The van der Waals surface area contributed by atoms with Crippen LogP contribution in [-0.2, 0) is 0 Å². The second-order valence-electron chi connectivity index (χ2n) is 4.61. The summed E-state index contributed by atoms with van der Waals surface area (Å²) in [5, 5.41) is 0.944. The van der Waals surface area contributed by atoms with E-state index in [1.165, 1.54) is 12.1 Å². The highest BCUT2D eigenvalue weighted by Gasteiger charge is 2.10. The van der Waals surface area contributed by atoms with Crippen molar-refractivity contribution in [3.63, 3.8) is 0 Å². The number of fused-ring (bicyclic) bond motifs is 1. The van der Waals surface area contributed by atoms with Crippen molar-refractivity contribution in [3.8, 4) is 0 Å². The summed E-state index contributed by atoms with van der Waals surface area (Å²) in [5.74, 6) is -0.257. The van der Waals surface area contributed by atoms with Crippen LogP contribution in [0.25, 0.3) is 10.9 Å². The van der Waals surface area contributed by atoms with Crippen molar-refractivity contribution in [2.24, 2.45) is 0 Å². The summed E-state index contributed by atoms with van der Waals surface area (Å²) in [6.07, 6.45) is 1.71. The Labute approximate surface area is 116 Å². The molecule has 0 aliphatic heterocycles. The molecule has 100 valence electrons. The van der Waals surface area contributed by atoms with Crippen molar-refractivity contribution in [2.75, 3.05) is 17.7 Å². The molecule has 4 heteroatoms. The van der Waals surface area contributed by atoms with Crippen molar-refractivity contribution in [2.45, 2.75) is 0 Å². The first-order chi connectivity index (χ1) is 9.66. The highest BCUT2D eigenvalue weighted by Crippen LogP contribution is 2.32. The van der Waals surface area contributed by atoms with Crippen molar-refractivity contribution in [1.29, 1.82) is 0 Å². The molecule has 0 bridgehead atoms. The summed E-state index contributed by atoms with van der Waals surface area (Å²) >= 11 is 0. The molecule has 2 aromatic carbocycles. The van der Waals surface area contributed by atoms with Gasteiger partial charge in [-0.25, -0.2) is 4.39 Å². The van der Waals surface area contributed by atoms with Crippen molar-refractivity contribution in [3.05, 3.63) is 60.5 Å². The van der Waals surface area contributed by atoms with Crippen molar-refractivity contribution < 1.29 is 4.39 Å². The molecule has 1 aromatic heterocycles. The molecular weight excluding hydrogens is 253 g/mol. The highest BCUT2D eigenvalue weighted by atomic mass is 19.1. The van der Waals surface area contributed by atoms with Gasteiger partial charge < -0.3 is 10.6 Å². The predicted molar refractivity (Wildman–Crippen MR) is 80.6 cm³/mol. The van der Waals surface area contributed by atoms with Gasteiger partial charge in [0.15, 0.2) is 0 Å². The molecule has 3 nitrogen and oxygen atoms in total. The Hall–Kier alpha value is -2.62. The average Bonchev–Trinajstić information content (AvgIpc) is 2.46. The lowest BCUT2D eigenvalue weighted by Gasteiger charge is -2.21. The van der Waals surface area contributed by atoms with Gasteiger partial charge >= 0.3 is 0 Å². The van der Waals surface area contributed by atoms with Gasteiger partial charge in [-0.2, -0.15) is 0 Å². The third-order valence-corrected chi connectivity index (χ3v) is 3.34. The molecule has 0 aliphatic carbocycles. The first-order valence-corrected chi connectivity index (χ1v) is 6.29. The summed E-state index contributed by atoms with van der Waals surface area (Å²) < 4.78 is 13.4. The van der Waals surface area contributed by atoms with Crippen LogP contribution in [0.15, 0.2) is 54.7 Å². The van der Waals surface area contributed by atoms with Gasteiger partial charge in [-0.1, -0.05) is 18.2 Å². The van der Waals surface area contributed by atoms with Crippen LogP contribution in [0.1, 0.15) is 0 Å². The van der Waals surface area contributed by atoms with Gasteiger partial charge in [-0.05, 0) is 30.3 Å². The van der Waals surface area contributed by atoms with Gasteiger partial charge in [-0.15, -0.1) is 0 Å². The van der Waals surface area contributed by atoms with E-state index in [1.54, 1.807) is 12.3 Å². The normalized spacial score (nSPS) is 10.7. The summed E-state index contributed by atoms with van der Waals surface area (Å²) in [4.78, 5) is 6.23. The average molecular weight is 267 g/mol. The molecule has 20 heavy (non-hydrogen) atoms. The highest BCUT2D eigenvalue weighted by molar-refractivity contribution is 5.99. The van der Waals surface area contributed by atoms with Gasteiger partial charge in [-0.3, -0.25) is 4.98 Å². The summed E-state index contributed by atoms with van der Waals surface area (Å²) in [6, 6.07) is 14.1. The minimum absolute atomic E-state index is 0.257. The topological polar surface area (TPSA) is 42.2 Å².